The number of anilines is 1. The molecule has 0 aliphatic heterocycles. The van der Waals surface area contributed by atoms with E-state index in [9.17, 15) is 10.1 Å². The predicted molar refractivity (Wildman–Crippen MR) is 97.1 cm³/mol. The van der Waals surface area contributed by atoms with Crippen molar-refractivity contribution in [2.45, 2.75) is 0 Å². The average molecular weight is 405 g/mol. The van der Waals surface area contributed by atoms with Crippen LogP contribution >= 0.6 is 15.9 Å². The van der Waals surface area contributed by atoms with Crippen LogP contribution in [0.3, 0.4) is 0 Å². The number of nitrogens with one attached hydrogen (secondary N) is 1. The zero-order valence-electron chi connectivity index (χ0n) is 13.1. The number of ether oxygens (including phenoxy) is 2. The summed E-state index contributed by atoms with van der Waals surface area (Å²) >= 11 is 3.40. The molecule has 1 aromatic heterocycles. The first-order valence-electron chi connectivity index (χ1n) is 6.88. The number of halogens is 1. The summed E-state index contributed by atoms with van der Waals surface area (Å²) in [6.45, 7) is 0.121. The molecule has 0 fully saturated rings. The van der Waals surface area contributed by atoms with Crippen LogP contribution in [0.5, 0.6) is 11.5 Å². The number of hydrogen-bond acceptors (Lipinski definition) is 7. The van der Waals surface area contributed by atoms with Gasteiger partial charge in [-0.1, -0.05) is 5.92 Å². The lowest BCUT2D eigenvalue weighted by Gasteiger charge is -2.11. The molecule has 0 radical (unpaired) electrons. The van der Waals surface area contributed by atoms with E-state index in [1.54, 1.807) is 18.3 Å². The van der Waals surface area contributed by atoms with Crippen LogP contribution in [-0.2, 0) is 0 Å². The van der Waals surface area contributed by atoms with Crippen molar-refractivity contribution < 1.29 is 14.4 Å². The molecular formula is C16H13BrN4O4. The maximum atomic E-state index is 10.6. The van der Waals surface area contributed by atoms with E-state index in [1.807, 2.05) is 0 Å². The first kappa shape index (κ1) is 18.2. The second-order valence-electron chi connectivity index (χ2n) is 4.56. The van der Waals surface area contributed by atoms with Crippen molar-refractivity contribution in [2.75, 3.05) is 19.1 Å². The summed E-state index contributed by atoms with van der Waals surface area (Å²) in [6.07, 6.45) is 7.88. The number of hydrogen-bond donors (Lipinski definition) is 1. The van der Waals surface area contributed by atoms with Crippen molar-refractivity contribution >= 4 is 33.6 Å². The lowest BCUT2D eigenvalue weighted by atomic mass is 10.2. The smallest absolute Gasteiger partial charge is 0.287 e. The SMILES string of the molecule is C#CCOc1c(Br)cc(/C=N\Nc2ccc([N+](=O)[O-])cn2)cc1OC. The molecule has 0 bridgehead atoms. The minimum absolute atomic E-state index is 0.0919. The van der Waals surface area contributed by atoms with E-state index in [1.165, 1.54) is 19.2 Å². The lowest BCUT2D eigenvalue weighted by molar-refractivity contribution is -0.385. The summed E-state index contributed by atoms with van der Waals surface area (Å²) in [5.74, 6) is 3.77. The van der Waals surface area contributed by atoms with Crippen LogP contribution in [0.4, 0.5) is 11.5 Å². The summed E-state index contributed by atoms with van der Waals surface area (Å²) in [7, 11) is 1.52. The number of aromatic nitrogens is 1. The standard InChI is InChI=1S/C16H13BrN4O4/c1-3-6-25-16-13(17)7-11(8-14(16)24-2)9-19-20-15-5-4-12(10-18-15)21(22)23/h1,4-5,7-10H,6H2,2H3,(H,18,20)/b19-9-. The number of benzene rings is 1. The number of pyridine rings is 1. The Morgan fingerprint density at radius 1 is 1.52 bits per heavy atom. The Balaban J connectivity index is 2.11. The number of nitrogens with zero attached hydrogens (tertiary/aromatic N) is 3. The molecule has 1 heterocycles. The van der Waals surface area contributed by atoms with Gasteiger partial charge in [0.1, 0.15) is 18.6 Å². The van der Waals surface area contributed by atoms with Gasteiger partial charge in [0, 0.05) is 6.07 Å². The molecule has 2 rings (SSSR count). The van der Waals surface area contributed by atoms with Crippen molar-refractivity contribution in [3.8, 4) is 23.8 Å². The molecule has 0 amide bonds. The zero-order valence-corrected chi connectivity index (χ0v) is 14.7. The maximum absolute atomic E-state index is 10.6. The minimum atomic E-state index is -0.520. The summed E-state index contributed by atoms with van der Waals surface area (Å²) < 4.78 is 11.4. The van der Waals surface area contributed by atoms with Crippen LogP contribution in [0.25, 0.3) is 0 Å². The first-order chi connectivity index (χ1) is 12.0. The molecule has 8 nitrogen and oxygen atoms in total. The minimum Gasteiger partial charge on any atom is -0.493 e. The maximum Gasteiger partial charge on any atom is 0.287 e. The van der Waals surface area contributed by atoms with Gasteiger partial charge in [-0.25, -0.2) is 4.98 Å². The molecule has 25 heavy (non-hydrogen) atoms. The van der Waals surface area contributed by atoms with Gasteiger partial charge in [0.25, 0.3) is 5.69 Å². The van der Waals surface area contributed by atoms with Crippen LogP contribution in [-0.4, -0.2) is 29.8 Å². The fourth-order valence-corrected chi connectivity index (χ4v) is 2.38. The number of nitro groups is 1. The van der Waals surface area contributed by atoms with Gasteiger partial charge >= 0.3 is 0 Å². The normalized spacial score (nSPS) is 10.3. The molecule has 0 aliphatic rings. The van der Waals surface area contributed by atoms with Crippen LogP contribution < -0.4 is 14.9 Å². The van der Waals surface area contributed by atoms with Crippen LogP contribution in [0.1, 0.15) is 5.56 Å². The van der Waals surface area contributed by atoms with Gasteiger partial charge in [0.05, 0.1) is 22.7 Å². The van der Waals surface area contributed by atoms with Crippen molar-refractivity contribution in [2.24, 2.45) is 5.10 Å². The van der Waals surface area contributed by atoms with E-state index in [-0.39, 0.29) is 12.3 Å². The molecule has 1 aromatic carbocycles. The monoisotopic (exact) mass is 404 g/mol. The van der Waals surface area contributed by atoms with Crippen molar-refractivity contribution in [3.63, 3.8) is 0 Å². The Kier molecular flexibility index (Phi) is 6.31. The first-order valence-corrected chi connectivity index (χ1v) is 7.67. The van der Waals surface area contributed by atoms with Crippen LogP contribution in [0.2, 0.25) is 0 Å². The van der Waals surface area contributed by atoms with E-state index in [0.717, 1.165) is 11.8 Å². The van der Waals surface area contributed by atoms with Crippen LogP contribution in [0.15, 0.2) is 40.0 Å². The molecule has 0 aliphatic carbocycles. The molecular weight excluding hydrogens is 392 g/mol. The molecule has 0 atom stereocenters. The Morgan fingerprint density at radius 2 is 2.32 bits per heavy atom. The predicted octanol–water partition coefficient (Wildman–Crippen LogP) is 3.22. The number of terminal acetylenes is 1. The van der Waals surface area contributed by atoms with Gasteiger partial charge in [-0.15, -0.1) is 6.42 Å². The summed E-state index contributed by atoms with van der Waals surface area (Å²) in [5.41, 5.74) is 3.32. The highest BCUT2D eigenvalue weighted by atomic mass is 79.9. The van der Waals surface area contributed by atoms with E-state index < -0.39 is 4.92 Å². The third kappa shape index (κ3) is 4.92. The van der Waals surface area contributed by atoms with Gasteiger partial charge in [0.15, 0.2) is 11.5 Å². The summed E-state index contributed by atoms with van der Waals surface area (Å²) in [4.78, 5) is 13.9. The molecule has 0 unspecified atom stereocenters. The van der Waals surface area contributed by atoms with Gasteiger partial charge in [-0.05, 0) is 39.7 Å². The number of methoxy groups -OCH3 is 1. The van der Waals surface area contributed by atoms with Crippen molar-refractivity contribution in [3.05, 3.63) is 50.6 Å². The molecule has 9 heteroatoms. The van der Waals surface area contributed by atoms with E-state index in [2.05, 4.69) is 37.4 Å². The van der Waals surface area contributed by atoms with E-state index >= 15 is 0 Å². The van der Waals surface area contributed by atoms with Gasteiger partial charge in [-0.2, -0.15) is 5.10 Å². The van der Waals surface area contributed by atoms with Crippen molar-refractivity contribution in [1.29, 1.82) is 0 Å². The third-order valence-corrected chi connectivity index (χ3v) is 3.49. The summed E-state index contributed by atoms with van der Waals surface area (Å²) in [5, 5.41) is 14.6. The molecule has 0 saturated carbocycles. The number of hydrazone groups is 1. The lowest BCUT2D eigenvalue weighted by Crippen LogP contribution is -1.99. The number of rotatable bonds is 7. The Labute approximate surface area is 152 Å². The highest BCUT2D eigenvalue weighted by molar-refractivity contribution is 9.10. The topological polar surface area (TPSA) is 98.9 Å². The third-order valence-electron chi connectivity index (χ3n) is 2.90. The largest absolute Gasteiger partial charge is 0.493 e. The second kappa shape index (κ2) is 8.65. The Bertz CT molecular complexity index is 831. The fraction of sp³-hybridized carbons (Fsp3) is 0.125. The zero-order chi connectivity index (χ0) is 18.2. The second-order valence-corrected chi connectivity index (χ2v) is 5.41. The average Bonchev–Trinajstić information content (AvgIpc) is 2.61. The molecule has 2 aromatic rings. The van der Waals surface area contributed by atoms with Crippen LogP contribution in [0, 0.1) is 22.5 Å². The van der Waals surface area contributed by atoms with E-state index in [4.69, 9.17) is 15.9 Å². The molecule has 128 valence electrons. The molecule has 0 saturated heterocycles. The summed E-state index contributed by atoms with van der Waals surface area (Å²) in [6, 6.07) is 6.30. The fourth-order valence-electron chi connectivity index (χ4n) is 1.80. The Hall–Kier alpha value is -3.12. The quantitative estimate of drug-likeness (QED) is 0.329. The van der Waals surface area contributed by atoms with Gasteiger partial charge < -0.3 is 9.47 Å². The van der Waals surface area contributed by atoms with Gasteiger partial charge in [-0.3, -0.25) is 15.5 Å². The Morgan fingerprint density at radius 3 is 2.92 bits per heavy atom. The van der Waals surface area contributed by atoms with Gasteiger partial charge in [0.2, 0.25) is 0 Å². The molecule has 0 spiro atoms. The van der Waals surface area contributed by atoms with E-state index in [0.29, 0.717) is 21.8 Å². The molecule has 1 N–H and O–H groups in total. The highest BCUT2D eigenvalue weighted by Gasteiger charge is 2.11. The highest BCUT2D eigenvalue weighted by Crippen LogP contribution is 2.36. The van der Waals surface area contributed by atoms with Crippen molar-refractivity contribution in [1.82, 2.24) is 4.98 Å².